The fourth-order valence-corrected chi connectivity index (χ4v) is 5.23. The van der Waals surface area contributed by atoms with E-state index in [2.05, 4.69) is 20.8 Å². The maximum Gasteiger partial charge on any atom is 0.410 e. The highest BCUT2D eigenvalue weighted by Gasteiger charge is 2.31. The van der Waals surface area contributed by atoms with Crippen LogP contribution in [0.5, 0.6) is 0 Å². The number of esters is 1. The third-order valence-corrected chi connectivity index (χ3v) is 7.34. The molecule has 3 heterocycles. The van der Waals surface area contributed by atoms with Crippen LogP contribution in [-0.4, -0.2) is 75.6 Å². The van der Waals surface area contributed by atoms with E-state index in [0.29, 0.717) is 38.9 Å². The number of aryl methyl sites for hydroxylation is 1. The Morgan fingerprint density at radius 1 is 1.17 bits per heavy atom. The Labute approximate surface area is 239 Å². The zero-order valence-electron chi connectivity index (χ0n) is 24.0. The van der Waals surface area contributed by atoms with Crippen LogP contribution in [0.4, 0.5) is 15.3 Å². The molecule has 1 saturated heterocycles. The Hall–Kier alpha value is -4.12. The molecule has 1 aromatic heterocycles. The summed E-state index contributed by atoms with van der Waals surface area (Å²) in [4.78, 5) is 42.0. The van der Waals surface area contributed by atoms with Gasteiger partial charge in [-0.2, -0.15) is 5.10 Å². The lowest BCUT2D eigenvalue weighted by Gasteiger charge is -2.34. The van der Waals surface area contributed by atoms with Crippen LogP contribution in [-0.2, 0) is 27.2 Å². The van der Waals surface area contributed by atoms with E-state index in [1.807, 2.05) is 64.1 Å². The largest absolute Gasteiger partial charge is 0.461 e. The van der Waals surface area contributed by atoms with Gasteiger partial charge in [0, 0.05) is 37.0 Å². The minimum absolute atomic E-state index is 0.171. The van der Waals surface area contributed by atoms with Crippen molar-refractivity contribution in [1.82, 2.24) is 25.3 Å². The summed E-state index contributed by atoms with van der Waals surface area (Å²) in [5.74, 6) is -0.386. The lowest BCUT2D eigenvalue weighted by Crippen LogP contribution is -2.50. The molecule has 3 N–H and O–H groups in total. The summed E-state index contributed by atoms with van der Waals surface area (Å²) >= 11 is 0. The Morgan fingerprint density at radius 2 is 1.93 bits per heavy atom. The molecule has 1 unspecified atom stereocenters. The van der Waals surface area contributed by atoms with Crippen LogP contribution in [0.25, 0.3) is 10.9 Å². The number of carbonyl (C=O) groups excluding carboxylic acids is 3. The number of aromatic nitrogens is 2. The Bertz CT molecular complexity index is 1420. The minimum atomic E-state index is -0.687. The number of benzene rings is 2. The summed E-state index contributed by atoms with van der Waals surface area (Å²) in [6.45, 7) is 9.02. The number of nitrogens with one attached hydrogen (secondary N) is 3. The third-order valence-electron chi connectivity index (χ3n) is 7.34. The number of hydrogen-bond acceptors (Lipinski definition) is 7. The van der Waals surface area contributed by atoms with Gasteiger partial charge in [0.1, 0.15) is 17.7 Å². The normalized spacial score (nSPS) is 16.7. The number of aromatic amines is 1. The first-order valence-electron chi connectivity index (χ1n) is 14.0. The van der Waals surface area contributed by atoms with Crippen LogP contribution in [0.3, 0.4) is 0 Å². The number of para-hydroxylation sites is 1. The Morgan fingerprint density at radius 3 is 2.68 bits per heavy atom. The smallest absolute Gasteiger partial charge is 0.410 e. The van der Waals surface area contributed by atoms with Crippen LogP contribution in [0.1, 0.15) is 50.3 Å². The molecule has 0 radical (unpaired) electrons. The first-order valence-corrected chi connectivity index (χ1v) is 14.0. The van der Waals surface area contributed by atoms with E-state index in [1.165, 1.54) is 0 Å². The highest BCUT2D eigenvalue weighted by Crippen LogP contribution is 2.24. The van der Waals surface area contributed by atoms with Gasteiger partial charge in [0.2, 0.25) is 0 Å². The number of carbonyl (C=O) groups is 3. The van der Waals surface area contributed by atoms with Crippen molar-refractivity contribution >= 4 is 34.7 Å². The van der Waals surface area contributed by atoms with Gasteiger partial charge in [-0.15, -0.1) is 0 Å². The molecule has 1 fully saturated rings. The van der Waals surface area contributed by atoms with Crippen LogP contribution in [0.2, 0.25) is 0 Å². The quantitative estimate of drug-likeness (QED) is 0.366. The maximum absolute atomic E-state index is 13.5. The van der Waals surface area contributed by atoms with Crippen molar-refractivity contribution < 1.29 is 23.9 Å². The molecule has 2 aromatic carbocycles. The molecule has 2 aliphatic heterocycles. The summed E-state index contributed by atoms with van der Waals surface area (Å²) in [7, 11) is 0. The summed E-state index contributed by atoms with van der Waals surface area (Å²) in [5.41, 5.74) is 4.19. The molecule has 0 aliphatic carbocycles. The topological polar surface area (TPSA) is 129 Å². The highest BCUT2D eigenvalue weighted by atomic mass is 16.6. The van der Waals surface area contributed by atoms with Gasteiger partial charge < -0.3 is 24.6 Å². The number of anilines is 1. The number of nitrogens with zero attached hydrogens (tertiary/aromatic N) is 3. The molecule has 0 bridgehead atoms. The molecular formula is C30H38N6O5. The predicted molar refractivity (Wildman–Crippen MR) is 154 cm³/mol. The minimum Gasteiger partial charge on any atom is -0.461 e. The third kappa shape index (κ3) is 6.97. The molecule has 218 valence electrons. The molecular weight excluding hydrogens is 524 g/mol. The zero-order valence-corrected chi connectivity index (χ0v) is 24.0. The molecule has 3 amide bonds. The van der Waals surface area contributed by atoms with Gasteiger partial charge in [0.05, 0.1) is 24.9 Å². The van der Waals surface area contributed by atoms with E-state index >= 15 is 0 Å². The number of piperidine rings is 1. The molecule has 1 atom stereocenters. The van der Waals surface area contributed by atoms with Gasteiger partial charge in [-0.1, -0.05) is 24.3 Å². The van der Waals surface area contributed by atoms with Crippen molar-refractivity contribution in [2.45, 2.75) is 71.2 Å². The highest BCUT2D eigenvalue weighted by molar-refractivity contribution is 5.92. The number of hydrogen-bond donors (Lipinski definition) is 3. The molecule has 3 aromatic rings. The predicted octanol–water partition coefficient (Wildman–Crippen LogP) is 4.32. The van der Waals surface area contributed by atoms with Gasteiger partial charge in [-0.05, 0) is 62.9 Å². The molecule has 11 nitrogen and oxygen atoms in total. The van der Waals surface area contributed by atoms with Crippen molar-refractivity contribution in [3.8, 4) is 0 Å². The van der Waals surface area contributed by atoms with E-state index in [1.54, 1.807) is 16.0 Å². The molecule has 11 heteroatoms. The number of ether oxygens (including phenoxy) is 2. The van der Waals surface area contributed by atoms with Gasteiger partial charge >= 0.3 is 18.1 Å². The molecule has 5 rings (SSSR count). The Kier molecular flexibility index (Phi) is 8.16. The Balaban J connectivity index is 1.25. The van der Waals surface area contributed by atoms with Crippen molar-refractivity contribution in [3.05, 3.63) is 59.3 Å². The van der Waals surface area contributed by atoms with Gasteiger partial charge in [-0.3, -0.25) is 15.2 Å². The second-order valence-corrected chi connectivity index (χ2v) is 11.8. The van der Waals surface area contributed by atoms with Gasteiger partial charge in [-0.25, -0.2) is 9.59 Å². The molecule has 0 spiro atoms. The number of fused-ring (bicyclic) bond motifs is 2. The summed E-state index contributed by atoms with van der Waals surface area (Å²) in [6.07, 6.45) is 2.54. The second kappa shape index (κ2) is 11.8. The molecule has 2 aliphatic rings. The average molecular weight is 563 g/mol. The van der Waals surface area contributed by atoms with Gasteiger partial charge in [0.25, 0.3) is 0 Å². The lowest BCUT2D eigenvalue weighted by molar-refractivity contribution is -0.153. The first-order chi connectivity index (χ1) is 19.6. The fourth-order valence-electron chi connectivity index (χ4n) is 5.23. The van der Waals surface area contributed by atoms with E-state index in [-0.39, 0.29) is 30.9 Å². The second-order valence-electron chi connectivity index (χ2n) is 11.8. The van der Waals surface area contributed by atoms with E-state index in [0.717, 1.165) is 33.3 Å². The van der Waals surface area contributed by atoms with Crippen molar-refractivity contribution in [2.24, 2.45) is 0 Å². The molecule has 41 heavy (non-hydrogen) atoms. The zero-order chi connectivity index (χ0) is 29.1. The summed E-state index contributed by atoms with van der Waals surface area (Å²) in [5, 5.41) is 14.3. The fraction of sp³-hybridized carbons (Fsp3) is 0.467. The van der Waals surface area contributed by atoms with Crippen molar-refractivity contribution in [1.29, 1.82) is 0 Å². The molecule has 0 saturated carbocycles. The van der Waals surface area contributed by atoms with E-state index in [9.17, 15) is 14.4 Å². The van der Waals surface area contributed by atoms with Crippen molar-refractivity contribution in [2.75, 3.05) is 25.1 Å². The number of urea groups is 1. The first kappa shape index (κ1) is 28.4. The van der Waals surface area contributed by atoms with Crippen LogP contribution >= 0.6 is 0 Å². The number of rotatable bonds is 7. The van der Waals surface area contributed by atoms with Gasteiger partial charge in [0.15, 0.2) is 0 Å². The van der Waals surface area contributed by atoms with E-state index in [4.69, 9.17) is 9.47 Å². The lowest BCUT2D eigenvalue weighted by atomic mass is 10.0. The standard InChI is InChI=1S/C30H38N6O5/c1-19-13-20(14-22-16-32-34-26(19)22)15-25(31-18-36-17-21-7-5-6-8-24(21)33-28(36)38)27(37)40-23-9-11-35(12-10-23)29(39)41-30(2,3)4/h5-8,13-14,16,23,25,31H,9-12,15,17-18H2,1-4H3,(H,32,34)(H,33,38). The summed E-state index contributed by atoms with van der Waals surface area (Å²) < 4.78 is 11.4. The number of H-pyrrole nitrogens is 1. The average Bonchev–Trinajstić information content (AvgIpc) is 3.40. The maximum atomic E-state index is 13.5. The monoisotopic (exact) mass is 562 g/mol. The SMILES string of the molecule is Cc1cc(CC(NCN2Cc3ccccc3NC2=O)C(=O)OC2CCN(C(=O)OC(C)(C)C)CC2)cc2cn[nH]c12. The van der Waals surface area contributed by atoms with E-state index < -0.39 is 11.6 Å². The van der Waals surface area contributed by atoms with Crippen LogP contribution in [0, 0.1) is 6.92 Å². The number of amides is 3. The summed E-state index contributed by atoms with van der Waals surface area (Å²) in [6, 6.07) is 10.8. The number of likely N-dealkylation sites (tertiary alicyclic amines) is 1. The van der Waals surface area contributed by atoms with Crippen molar-refractivity contribution in [3.63, 3.8) is 0 Å². The van der Waals surface area contributed by atoms with Crippen LogP contribution < -0.4 is 10.6 Å². The van der Waals surface area contributed by atoms with Crippen LogP contribution in [0.15, 0.2) is 42.6 Å².